The maximum Gasteiger partial charge on any atom is 0.376 e. The highest BCUT2D eigenvalue weighted by molar-refractivity contribution is 7.52. The molecule has 0 spiro atoms. The van der Waals surface area contributed by atoms with E-state index in [9.17, 15) is 19.4 Å². The van der Waals surface area contributed by atoms with Crippen LogP contribution < -0.4 is 4.89 Å². The van der Waals surface area contributed by atoms with Crippen LogP contribution in [0.15, 0.2) is 48.6 Å². The molecule has 0 aromatic carbocycles. The second kappa shape index (κ2) is 37.7. The Bertz CT molecular complexity index is 1030. The summed E-state index contributed by atoms with van der Waals surface area (Å²) >= 11 is 0. The van der Waals surface area contributed by atoms with E-state index in [0.717, 1.165) is 97.0 Å². The van der Waals surface area contributed by atoms with Gasteiger partial charge in [-0.15, -0.1) is 0 Å². The Labute approximate surface area is 338 Å². The first-order valence-electron chi connectivity index (χ1n) is 21.8. The SMILES string of the molecule is CCCCC/C=C\C/C=C\CCCCCCCC(=O)OCC(CC[N+](C)(C)CCO[P+]([O-])(O)OC)OC(=O)CCCCCCC/C=C\C/C=C\CCCCC. The van der Waals surface area contributed by atoms with Gasteiger partial charge in [-0.3, -0.25) is 9.59 Å². The van der Waals surface area contributed by atoms with Crippen molar-refractivity contribution in [2.24, 2.45) is 0 Å². The van der Waals surface area contributed by atoms with Crippen LogP contribution in [0.5, 0.6) is 0 Å². The fourth-order valence-corrected chi connectivity index (χ4v) is 6.32. The van der Waals surface area contributed by atoms with E-state index >= 15 is 0 Å². The minimum Gasteiger partial charge on any atom is -0.606 e. The van der Waals surface area contributed by atoms with Crippen molar-refractivity contribution in [1.29, 1.82) is 0 Å². The molecule has 0 rings (SSSR count). The summed E-state index contributed by atoms with van der Waals surface area (Å²) in [6.45, 7) is 5.57. The van der Waals surface area contributed by atoms with Crippen LogP contribution in [0.4, 0.5) is 0 Å². The first-order valence-corrected chi connectivity index (χ1v) is 23.3. The number of carbonyl (C=O) groups excluding carboxylic acids is 2. The van der Waals surface area contributed by atoms with Crippen molar-refractivity contribution in [1.82, 2.24) is 0 Å². The van der Waals surface area contributed by atoms with Crippen LogP contribution in [0.1, 0.15) is 174 Å². The molecule has 320 valence electrons. The van der Waals surface area contributed by atoms with E-state index in [1.54, 1.807) is 0 Å². The number of hydrogen-bond donors (Lipinski definition) is 1. The van der Waals surface area contributed by atoms with Crippen LogP contribution in [-0.2, 0) is 28.1 Å². The van der Waals surface area contributed by atoms with Crippen molar-refractivity contribution in [3.8, 4) is 0 Å². The van der Waals surface area contributed by atoms with Crippen molar-refractivity contribution in [3.63, 3.8) is 0 Å². The molecule has 0 aliphatic heterocycles. The molecule has 0 aromatic rings. The minimum atomic E-state index is -4.04. The summed E-state index contributed by atoms with van der Waals surface area (Å²) in [5.74, 6) is -0.531. The maximum atomic E-state index is 12.8. The summed E-state index contributed by atoms with van der Waals surface area (Å²) in [4.78, 5) is 46.6. The van der Waals surface area contributed by atoms with Gasteiger partial charge in [0.1, 0.15) is 25.9 Å². The number of nitrogens with zero attached hydrogens (tertiary/aromatic N) is 1. The number of esters is 2. The molecule has 0 bridgehead atoms. The fourth-order valence-electron chi connectivity index (χ4n) is 5.90. The molecule has 0 aliphatic rings. The van der Waals surface area contributed by atoms with Crippen LogP contribution >= 0.6 is 8.17 Å². The molecule has 55 heavy (non-hydrogen) atoms. The molecule has 0 fully saturated rings. The summed E-state index contributed by atoms with van der Waals surface area (Å²) in [7, 11) is 1.02. The monoisotopic (exact) mass is 797 g/mol. The van der Waals surface area contributed by atoms with E-state index in [1.807, 2.05) is 14.1 Å². The van der Waals surface area contributed by atoms with Gasteiger partial charge in [0.25, 0.3) is 0 Å². The number of unbranched alkanes of at least 4 members (excludes halogenated alkanes) is 16. The van der Waals surface area contributed by atoms with Crippen LogP contribution in [0.3, 0.4) is 0 Å². The zero-order valence-corrected chi connectivity index (χ0v) is 36.8. The third-order valence-electron chi connectivity index (χ3n) is 9.63. The molecule has 0 saturated carbocycles. The zero-order valence-electron chi connectivity index (χ0n) is 35.9. The normalized spacial score (nSPS) is 14.1. The van der Waals surface area contributed by atoms with E-state index in [0.29, 0.717) is 36.8 Å². The predicted octanol–water partition coefficient (Wildman–Crippen LogP) is 11.2. The number of phosphoric ester groups is 1. The van der Waals surface area contributed by atoms with Gasteiger partial charge in [0.15, 0.2) is 0 Å². The molecule has 0 aromatic heterocycles. The summed E-state index contributed by atoms with van der Waals surface area (Å²) in [6, 6.07) is 0. The number of rotatable bonds is 39. The van der Waals surface area contributed by atoms with Gasteiger partial charge in [-0.1, -0.05) is 127 Å². The number of phosphoric acid groups is 1. The van der Waals surface area contributed by atoms with Gasteiger partial charge in [-0.2, -0.15) is 13.9 Å². The lowest BCUT2D eigenvalue weighted by Gasteiger charge is -2.31. The van der Waals surface area contributed by atoms with Crippen LogP contribution in [0, 0.1) is 0 Å². The number of carbonyl (C=O) groups is 2. The Morgan fingerprint density at radius 2 is 1.07 bits per heavy atom. The highest BCUT2D eigenvalue weighted by Crippen LogP contribution is 2.46. The van der Waals surface area contributed by atoms with Crippen LogP contribution in [-0.4, -0.2) is 74.9 Å². The summed E-state index contributed by atoms with van der Waals surface area (Å²) in [5.41, 5.74) is 0. The van der Waals surface area contributed by atoms with E-state index in [4.69, 9.17) is 14.0 Å². The highest BCUT2D eigenvalue weighted by Gasteiger charge is 2.28. The maximum absolute atomic E-state index is 12.8. The smallest absolute Gasteiger partial charge is 0.376 e. The highest BCUT2D eigenvalue weighted by atomic mass is 31.2. The molecule has 10 heteroatoms. The van der Waals surface area contributed by atoms with E-state index in [-0.39, 0.29) is 25.2 Å². The number of hydrogen-bond acceptors (Lipinski definition) is 8. The Balaban J connectivity index is 4.49. The summed E-state index contributed by atoms with van der Waals surface area (Å²) < 4.78 is 21.4. The molecule has 2 unspecified atom stereocenters. The average molecular weight is 797 g/mol. The molecular weight excluding hydrogens is 713 g/mol. The topological polar surface area (TPSA) is 114 Å². The van der Waals surface area contributed by atoms with Crippen molar-refractivity contribution in [2.45, 2.75) is 180 Å². The first kappa shape index (κ1) is 53.1. The Kier molecular flexibility index (Phi) is 36.4. The zero-order chi connectivity index (χ0) is 40.7. The van der Waals surface area contributed by atoms with Crippen molar-refractivity contribution in [2.75, 3.05) is 47.5 Å². The third kappa shape index (κ3) is 38.8. The lowest BCUT2D eigenvalue weighted by molar-refractivity contribution is -0.891. The second-order valence-corrected chi connectivity index (χ2v) is 17.0. The Morgan fingerprint density at radius 3 is 1.55 bits per heavy atom. The molecule has 0 saturated heterocycles. The van der Waals surface area contributed by atoms with Gasteiger partial charge in [0.05, 0.1) is 27.7 Å². The quantitative estimate of drug-likeness (QED) is 0.0215. The number of likely N-dealkylation sites (N-methyl/N-ethyl adjacent to an activating group) is 1. The van der Waals surface area contributed by atoms with Gasteiger partial charge >= 0.3 is 20.1 Å². The Morgan fingerprint density at radius 1 is 0.636 bits per heavy atom. The standard InChI is InChI=1S/C45H82NO8P/c1-6-8-10-12-14-16-18-20-22-24-26-28-30-32-34-36-44(47)52-42-43(38-39-46(3,4)40-41-53-55(49,50)51-5)54-45(48)37-35-33-31-29-27-25-23-21-19-17-15-13-11-9-7-2/h14-17,20-23,43H,6-13,18-19,24-42H2,1-5H3/p+1/b16-14-,17-15-,22-20-,23-21-. The summed E-state index contributed by atoms with van der Waals surface area (Å²) in [6.07, 6.45) is 43.4. The molecule has 1 N–H and O–H groups in total. The van der Waals surface area contributed by atoms with Crippen molar-refractivity contribution < 1.29 is 42.4 Å². The molecule has 0 amide bonds. The van der Waals surface area contributed by atoms with Gasteiger partial charge in [0, 0.05) is 19.3 Å². The number of ether oxygens (including phenoxy) is 2. The minimum absolute atomic E-state index is 0.0268. The van der Waals surface area contributed by atoms with Gasteiger partial charge < -0.3 is 18.9 Å². The van der Waals surface area contributed by atoms with Crippen LogP contribution in [0.2, 0.25) is 0 Å². The number of quaternary nitrogens is 1. The lowest BCUT2D eigenvalue weighted by Crippen LogP contribution is -2.45. The van der Waals surface area contributed by atoms with E-state index in [1.165, 1.54) is 51.4 Å². The van der Waals surface area contributed by atoms with Gasteiger partial charge in [-0.25, -0.2) is 0 Å². The molecule has 0 aliphatic carbocycles. The van der Waals surface area contributed by atoms with Gasteiger partial charge in [-0.05, 0) is 77.0 Å². The summed E-state index contributed by atoms with van der Waals surface area (Å²) in [5, 5.41) is 0. The molecule has 0 radical (unpaired) electrons. The first-order chi connectivity index (χ1) is 26.5. The molecule has 2 atom stereocenters. The average Bonchev–Trinajstić information content (AvgIpc) is 3.15. The third-order valence-corrected chi connectivity index (χ3v) is 10.6. The molecule has 9 nitrogen and oxygen atoms in total. The fraction of sp³-hybridized carbons (Fsp3) is 0.778. The number of allylic oxidation sites excluding steroid dienone is 8. The Hall–Kier alpha value is -1.87. The largest absolute Gasteiger partial charge is 0.606 e. The van der Waals surface area contributed by atoms with E-state index in [2.05, 4.69) is 67.0 Å². The molecule has 0 heterocycles. The predicted molar refractivity (Wildman–Crippen MR) is 228 cm³/mol. The van der Waals surface area contributed by atoms with Crippen molar-refractivity contribution in [3.05, 3.63) is 48.6 Å². The van der Waals surface area contributed by atoms with Gasteiger partial charge in [0.2, 0.25) is 0 Å². The lowest BCUT2D eigenvalue weighted by atomic mass is 10.1. The second-order valence-electron chi connectivity index (χ2n) is 15.4. The van der Waals surface area contributed by atoms with Crippen molar-refractivity contribution >= 4 is 20.1 Å². The van der Waals surface area contributed by atoms with Crippen LogP contribution in [0.25, 0.3) is 0 Å². The van der Waals surface area contributed by atoms with E-state index < -0.39 is 14.3 Å². The molecular formula is C45H83NO8P+.